The molecule has 0 saturated heterocycles. The molecule has 2 saturated carbocycles. The number of methoxy groups -OCH3 is 1. The van der Waals surface area contributed by atoms with Gasteiger partial charge in [0.05, 0.1) is 32.3 Å². The van der Waals surface area contributed by atoms with Crippen LogP contribution in [0.4, 0.5) is 0 Å². The second kappa shape index (κ2) is 20.4. The molecule has 49 heavy (non-hydrogen) atoms. The summed E-state index contributed by atoms with van der Waals surface area (Å²) >= 11 is 0. The van der Waals surface area contributed by atoms with Gasteiger partial charge in [-0.05, 0) is 143 Å². The normalized spacial score (nSPS) is 28.2. The number of rotatable bonds is 18. The largest absolute Gasteiger partial charge is 0.497 e. The van der Waals surface area contributed by atoms with Gasteiger partial charge in [-0.3, -0.25) is 9.59 Å². The van der Waals surface area contributed by atoms with Gasteiger partial charge in [0.1, 0.15) is 18.5 Å². The Labute approximate surface area is 295 Å². The molecule has 0 spiro atoms. The maximum Gasteiger partial charge on any atom is 0.310 e. The van der Waals surface area contributed by atoms with E-state index in [9.17, 15) is 14.7 Å². The van der Waals surface area contributed by atoms with Gasteiger partial charge in [-0.2, -0.15) is 0 Å². The third kappa shape index (κ3) is 13.3. The maximum absolute atomic E-state index is 12.2. The molecule has 0 bridgehead atoms. The molecule has 1 N–H and O–H groups in total. The Bertz CT molecular complexity index is 1130. The van der Waals surface area contributed by atoms with E-state index in [0.717, 1.165) is 68.6 Å². The summed E-state index contributed by atoms with van der Waals surface area (Å²) in [6.07, 6.45) is 18.7. The summed E-state index contributed by atoms with van der Waals surface area (Å²) in [5.41, 5.74) is 0.886. The molecule has 2 fully saturated rings. The second-order valence-electron chi connectivity index (χ2n) is 15.1. The number of hydrogen-bond acceptors (Lipinski definition) is 8. The van der Waals surface area contributed by atoms with Gasteiger partial charge in [0.15, 0.2) is 6.29 Å². The zero-order valence-electron chi connectivity index (χ0n) is 30.9. The summed E-state index contributed by atoms with van der Waals surface area (Å²) in [6.45, 7) is 8.74. The number of esters is 2. The number of aliphatic hydroxyl groups excluding tert-OH is 1. The van der Waals surface area contributed by atoms with Gasteiger partial charge >= 0.3 is 11.9 Å². The summed E-state index contributed by atoms with van der Waals surface area (Å²) < 4.78 is 28.1. The molecule has 0 aromatic heterocycles. The van der Waals surface area contributed by atoms with Crippen LogP contribution in [0.1, 0.15) is 117 Å². The lowest BCUT2D eigenvalue weighted by Gasteiger charge is -2.40. The van der Waals surface area contributed by atoms with Crippen molar-refractivity contribution in [2.24, 2.45) is 35.5 Å². The molecule has 3 aliphatic rings. The highest BCUT2D eigenvalue weighted by atomic mass is 16.7. The van der Waals surface area contributed by atoms with E-state index in [-0.39, 0.29) is 49.6 Å². The lowest BCUT2D eigenvalue weighted by molar-refractivity contribution is -0.178. The lowest BCUT2D eigenvalue weighted by Crippen LogP contribution is -2.33. The first kappa shape index (κ1) is 39.4. The third-order valence-electron chi connectivity index (χ3n) is 11.6. The number of carbonyl (C=O) groups excluding carboxylic acids is 2. The fraction of sp³-hybridized carbons (Fsp3) is 0.756. The average molecular weight is 685 g/mol. The Hall–Kier alpha value is -2.42. The van der Waals surface area contributed by atoms with Crippen LogP contribution in [0.15, 0.2) is 36.4 Å². The van der Waals surface area contributed by atoms with Crippen molar-refractivity contribution in [2.45, 2.75) is 142 Å². The molecule has 276 valence electrons. The molecule has 8 nitrogen and oxygen atoms in total. The van der Waals surface area contributed by atoms with E-state index in [1.54, 1.807) is 7.11 Å². The number of aliphatic hydroxyl groups is 1. The molecule has 3 aliphatic carbocycles. The Balaban J connectivity index is 1.19. The van der Waals surface area contributed by atoms with Crippen molar-refractivity contribution in [1.29, 1.82) is 0 Å². The highest BCUT2D eigenvalue weighted by molar-refractivity contribution is 5.72. The quantitative estimate of drug-likeness (QED) is 0.0715. The highest BCUT2D eigenvalue weighted by Crippen LogP contribution is 2.44. The summed E-state index contributed by atoms with van der Waals surface area (Å²) in [5, 5.41) is 10.3. The number of carbonyl (C=O) groups is 2. The van der Waals surface area contributed by atoms with Gasteiger partial charge in [0, 0.05) is 6.92 Å². The van der Waals surface area contributed by atoms with E-state index in [1.165, 1.54) is 39.0 Å². The van der Waals surface area contributed by atoms with E-state index in [4.69, 9.17) is 23.7 Å². The van der Waals surface area contributed by atoms with E-state index < -0.39 is 0 Å². The lowest BCUT2D eigenvalue weighted by atomic mass is 9.67. The summed E-state index contributed by atoms with van der Waals surface area (Å²) in [5.74, 6) is 4.21. The summed E-state index contributed by atoms with van der Waals surface area (Å²) in [6, 6.07) is 7.41. The van der Waals surface area contributed by atoms with Crippen molar-refractivity contribution in [3.05, 3.63) is 42.0 Å². The molecule has 0 radical (unpaired) electrons. The van der Waals surface area contributed by atoms with Crippen LogP contribution in [0, 0.1) is 35.5 Å². The van der Waals surface area contributed by atoms with Crippen molar-refractivity contribution in [1.82, 2.24) is 0 Å². The van der Waals surface area contributed by atoms with Crippen LogP contribution < -0.4 is 4.74 Å². The van der Waals surface area contributed by atoms with Gasteiger partial charge in [0.25, 0.3) is 0 Å². The molecule has 6 unspecified atom stereocenters. The number of benzene rings is 1. The standard InChI is InChI=1S/C41H64O8/c1-6-32(27-36(35-9-15-37(43)16-10-35)25-28(2)33-11-19-39(20-12-33)48-29(3)42)34-13-21-40(22-14-34)49-30(4)46-23-24-47-41(44)26-31-7-17-38(45-5)18-8-31/h7-8,11,17-19,28,30,32-37,39-40,43H,6,9-10,12-16,20-27H2,1-5H3. The minimum Gasteiger partial charge on any atom is -0.497 e. The van der Waals surface area contributed by atoms with E-state index in [2.05, 4.69) is 26.0 Å². The average Bonchev–Trinajstić information content (AvgIpc) is 3.09. The highest BCUT2D eigenvalue weighted by Gasteiger charge is 2.35. The SMILES string of the molecule is CCC(CC(CC(C)C1C=CC(OC(C)=O)CC1)C1CCC(O)CC1)C1CCC(OC(C)OCCOC(=O)Cc2ccc(OC)cc2)CC1. The number of ether oxygens (including phenoxy) is 5. The van der Waals surface area contributed by atoms with Crippen molar-refractivity contribution < 1.29 is 38.4 Å². The van der Waals surface area contributed by atoms with Crippen LogP contribution >= 0.6 is 0 Å². The van der Waals surface area contributed by atoms with E-state index in [0.29, 0.717) is 36.2 Å². The zero-order valence-corrected chi connectivity index (χ0v) is 30.9. The Morgan fingerprint density at radius 2 is 1.51 bits per heavy atom. The first-order valence-electron chi connectivity index (χ1n) is 19.2. The molecular formula is C41H64O8. The maximum atomic E-state index is 12.2. The molecule has 8 heteroatoms. The molecule has 6 atom stereocenters. The molecule has 4 rings (SSSR count). The summed E-state index contributed by atoms with van der Waals surface area (Å²) in [4.78, 5) is 23.6. The van der Waals surface area contributed by atoms with Crippen molar-refractivity contribution in [2.75, 3.05) is 20.3 Å². The molecule has 1 aromatic carbocycles. The topological polar surface area (TPSA) is 101 Å². The van der Waals surface area contributed by atoms with Crippen molar-refractivity contribution in [3.63, 3.8) is 0 Å². The minimum atomic E-state index is -0.338. The minimum absolute atomic E-state index is 0.0734. The van der Waals surface area contributed by atoms with Gasteiger partial charge in [0.2, 0.25) is 0 Å². The van der Waals surface area contributed by atoms with Crippen molar-refractivity contribution >= 4 is 11.9 Å². The number of hydrogen-bond donors (Lipinski definition) is 1. The fourth-order valence-corrected chi connectivity index (χ4v) is 8.73. The Morgan fingerprint density at radius 3 is 2.12 bits per heavy atom. The van der Waals surface area contributed by atoms with Crippen molar-refractivity contribution in [3.8, 4) is 5.75 Å². The van der Waals surface area contributed by atoms with Crippen LogP contribution in [0.5, 0.6) is 5.75 Å². The Kier molecular flexibility index (Phi) is 16.4. The van der Waals surface area contributed by atoms with E-state index >= 15 is 0 Å². The summed E-state index contributed by atoms with van der Waals surface area (Å²) in [7, 11) is 1.62. The van der Waals surface area contributed by atoms with Crippen LogP contribution in [-0.2, 0) is 35.0 Å². The van der Waals surface area contributed by atoms with Gasteiger partial charge in [-0.25, -0.2) is 0 Å². The monoisotopic (exact) mass is 684 g/mol. The van der Waals surface area contributed by atoms with Gasteiger partial charge in [-0.1, -0.05) is 38.5 Å². The van der Waals surface area contributed by atoms with Crippen LogP contribution in [0.3, 0.4) is 0 Å². The molecule has 1 aromatic rings. The smallest absolute Gasteiger partial charge is 0.310 e. The van der Waals surface area contributed by atoms with Gasteiger partial charge < -0.3 is 28.8 Å². The zero-order chi connectivity index (χ0) is 35.2. The van der Waals surface area contributed by atoms with Crippen LogP contribution in [-0.4, -0.2) is 62.0 Å². The van der Waals surface area contributed by atoms with Gasteiger partial charge in [-0.15, -0.1) is 0 Å². The second-order valence-corrected chi connectivity index (χ2v) is 15.1. The third-order valence-corrected chi connectivity index (χ3v) is 11.6. The predicted octanol–water partition coefficient (Wildman–Crippen LogP) is 8.23. The van der Waals surface area contributed by atoms with Crippen LogP contribution in [0.2, 0.25) is 0 Å². The van der Waals surface area contributed by atoms with Crippen LogP contribution in [0.25, 0.3) is 0 Å². The fourth-order valence-electron chi connectivity index (χ4n) is 8.73. The first-order chi connectivity index (χ1) is 23.6. The predicted molar refractivity (Wildman–Crippen MR) is 191 cm³/mol. The molecule has 0 aliphatic heterocycles. The molecule has 0 amide bonds. The van der Waals surface area contributed by atoms with E-state index in [1.807, 2.05) is 31.2 Å². The first-order valence-corrected chi connectivity index (χ1v) is 19.2. The Morgan fingerprint density at radius 1 is 0.837 bits per heavy atom. The molecule has 0 heterocycles. The number of allylic oxidation sites excluding steroid dienone is 1. The molecular weight excluding hydrogens is 620 g/mol.